The molecule has 0 aromatic heterocycles. The summed E-state index contributed by atoms with van der Waals surface area (Å²) in [5.74, 6) is -3.34. The number of phenols is 1. The molecule has 3 atom stereocenters. The molecule has 29 heavy (non-hydrogen) atoms. The van der Waals surface area contributed by atoms with Gasteiger partial charge in [0.05, 0.1) is 12.6 Å². The van der Waals surface area contributed by atoms with E-state index in [-0.39, 0.29) is 24.6 Å². The molecule has 0 saturated heterocycles. The maximum absolute atomic E-state index is 12.7. The van der Waals surface area contributed by atoms with E-state index in [0.29, 0.717) is 5.56 Å². The van der Waals surface area contributed by atoms with Crippen molar-refractivity contribution in [3.63, 3.8) is 0 Å². The lowest BCUT2D eigenvalue weighted by Crippen LogP contribution is -2.55. The van der Waals surface area contributed by atoms with Gasteiger partial charge in [0.1, 0.15) is 17.8 Å². The molecule has 0 saturated carbocycles. The number of rotatable bonds is 10. The average Bonchev–Trinajstić information content (AvgIpc) is 2.64. The average molecular weight is 408 g/mol. The van der Waals surface area contributed by atoms with E-state index >= 15 is 0 Å². The van der Waals surface area contributed by atoms with E-state index in [1.165, 1.54) is 19.1 Å². The molecule has 0 heterocycles. The van der Waals surface area contributed by atoms with Crippen molar-refractivity contribution in [2.24, 2.45) is 11.7 Å². The zero-order valence-corrected chi connectivity index (χ0v) is 16.6. The van der Waals surface area contributed by atoms with Gasteiger partial charge in [0.15, 0.2) is 0 Å². The standard InChI is InChI=1S/C19H28N4O6/c1-10(2)16(19(28)29)23-18(27)14(8-12-4-6-13(24)7-5-12)22-15(25)9-21-17(26)11(3)20/h4-7,10-11,14,16,24H,8-9,20H2,1-3H3,(H,21,26)(H,22,25)(H,23,27)(H,28,29). The molecule has 0 bridgehead atoms. The molecule has 3 unspecified atom stereocenters. The first-order valence-corrected chi connectivity index (χ1v) is 9.15. The first kappa shape index (κ1) is 23.9. The maximum atomic E-state index is 12.7. The van der Waals surface area contributed by atoms with Gasteiger partial charge in [-0.25, -0.2) is 4.79 Å². The van der Waals surface area contributed by atoms with Crippen LogP contribution in [-0.2, 0) is 25.6 Å². The van der Waals surface area contributed by atoms with E-state index in [9.17, 15) is 29.4 Å². The second kappa shape index (κ2) is 11.0. The molecule has 3 amide bonds. The third-order valence-corrected chi connectivity index (χ3v) is 4.10. The molecule has 160 valence electrons. The zero-order chi connectivity index (χ0) is 22.1. The van der Waals surface area contributed by atoms with Gasteiger partial charge in [-0.2, -0.15) is 0 Å². The van der Waals surface area contributed by atoms with E-state index in [4.69, 9.17) is 5.73 Å². The minimum Gasteiger partial charge on any atom is -0.508 e. The minimum atomic E-state index is -1.19. The Balaban J connectivity index is 2.91. The fourth-order valence-corrected chi connectivity index (χ4v) is 2.42. The van der Waals surface area contributed by atoms with E-state index in [2.05, 4.69) is 16.0 Å². The topological polar surface area (TPSA) is 171 Å². The monoisotopic (exact) mass is 408 g/mol. The highest BCUT2D eigenvalue weighted by Gasteiger charge is 2.28. The van der Waals surface area contributed by atoms with E-state index < -0.39 is 41.8 Å². The number of aliphatic carboxylic acids is 1. The van der Waals surface area contributed by atoms with Gasteiger partial charge in [0, 0.05) is 6.42 Å². The number of carbonyl (C=O) groups excluding carboxylic acids is 3. The van der Waals surface area contributed by atoms with Gasteiger partial charge in [0.2, 0.25) is 17.7 Å². The number of amides is 3. The second-order valence-electron chi connectivity index (χ2n) is 7.07. The summed E-state index contributed by atoms with van der Waals surface area (Å²) in [7, 11) is 0. The SMILES string of the molecule is CC(N)C(=O)NCC(=O)NC(Cc1ccc(O)cc1)C(=O)NC(C(=O)O)C(C)C. The summed E-state index contributed by atoms with van der Waals surface area (Å²) in [5, 5.41) is 25.9. The molecule has 0 aliphatic carbocycles. The van der Waals surface area contributed by atoms with Crippen LogP contribution >= 0.6 is 0 Å². The lowest BCUT2D eigenvalue weighted by molar-refractivity contribution is -0.143. The van der Waals surface area contributed by atoms with Crippen molar-refractivity contribution in [3.8, 4) is 5.75 Å². The molecular weight excluding hydrogens is 380 g/mol. The second-order valence-corrected chi connectivity index (χ2v) is 7.07. The van der Waals surface area contributed by atoms with Crippen molar-refractivity contribution < 1.29 is 29.4 Å². The van der Waals surface area contributed by atoms with Gasteiger partial charge in [-0.15, -0.1) is 0 Å². The highest BCUT2D eigenvalue weighted by Crippen LogP contribution is 2.12. The number of nitrogens with one attached hydrogen (secondary N) is 3. The molecule has 1 aromatic carbocycles. The summed E-state index contributed by atoms with van der Waals surface area (Å²) in [5.41, 5.74) is 6.05. The Hall–Kier alpha value is -3.14. The molecular formula is C19H28N4O6. The van der Waals surface area contributed by atoms with Crippen molar-refractivity contribution in [1.29, 1.82) is 0 Å². The van der Waals surface area contributed by atoms with Gasteiger partial charge >= 0.3 is 5.97 Å². The molecule has 0 radical (unpaired) electrons. The normalized spacial score (nSPS) is 13.8. The largest absolute Gasteiger partial charge is 0.508 e. The number of benzene rings is 1. The van der Waals surface area contributed by atoms with Gasteiger partial charge in [0.25, 0.3) is 0 Å². The Morgan fingerprint density at radius 2 is 1.59 bits per heavy atom. The number of nitrogens with two attached hydrogens (primary N) is 1. The molecule has 10 heteroatoms. The summed E-state index contributed by atoms with van der Waals surface area (Å²) in [6, 6.07) is 3.03. The lowest BCUT2D eigenvalue weighted by atomic mass is 10.0. The first-order valence-electron chi connectivity index (χ1n) is 9.15. The van der Waals surface area contributed by atoms with E-state index in [1.807, 2.05) is 0 Å². The van der Waals surface area contributed by atoms with Crippen LogP contribution in [0, 0.1) is 5.92 Å². The number of phenolic OH excluding ortho intramolecular Hbond substituents is 1. The molecule has 0 fully saturated rings. The third kappa shape index (κ3) is 8.18. The Morgan fingerprint density at radius 3 is 2.07 bits per heavy atom. The van der Waals surface area contributed by atoms with Crippen LogP contribution in [0.5, 0.6) is 5.75 Å². The van der Waals surface area contributed by atoms with Crippen LogP contribution in [-0.4, -0.2) is 58.6 Å². The number of carbonyl (C=O) groups is 4. The van der Waals surface area contributed by atoms with E-state index in [1.54, 1.807) is 26.0 Å². The van der Waals surface area contributed by atoms with Crippen molar-refractivity contribution in [2.75, 3.05) is 6.54 Å². The maximum Gasteiger partial charge on any atom is 0.326 e. The van der Waals surface area contributed by atoms with Crippen LogP contribution in [0.1, 0.15) is 26.3 Å². The number of aromatic hydroxyl groups is 1. The minimum absolute atomic E-state index is 0.0446. The van der Waals surface area contributed by atoms with Crippen LogP contribution < -0.4 is 21.7 Å². The quantitative estimate of drug-likeness (QED) is 0.291. The number of hydrogen-bond acceptors (Lipinski definition) is 6. The molecule has 7 N–H and O–H groups in total. The van der Waals surface area contributed by atoms with Crippen molar-refractivity contribution in [2.45, 2.75) is 45.3 Å². The third-order valence-electron chi connectivity index (χ3n) is 4.10. The van der Waals surface area contributed by atoms with Crippen molar-refractivity contribution in [1.82, 2.24) is 16.0 Å². The smallest absolute Gasteiger partial charge is 0.326 e. The number of carboxylic acid groups (broad SMARTS) is 1. The van der Waals surface area contributed by atoms with Crippen molar-refractivity contribution in [3.05, 3.63) is 29.8 Å². The number of carboxylic acids is 1. The Labute approximate surface area is 168 Å². The van der Waals surface area contributed by atoms with Crippen LogP contribution in [0.25, 0.3) is 0 Å². The van der Waals surface area contributed by atoms with Crippen LogP contribution in [0.2, 0.25) is 0 Å². The molecule has 0 aliphatic heterocycles. The van der Waals surface area contributed by atoms with Gasteiger partial charge in [-0.1, -0.05) is 26.0 Å². The zero-order valence-electron chi connectivity index (χ0n) is 16.6. The highest BCUT2D eigenvalue weighted by atomic mass is 16.4. The predicted molar refractivity (Wildman–Crippen MR) is 105 cm³/mol. The fourth-order valence-electron chi connectivity index (χ4n) is 2.42. The van der Waals surface area contributed by atoms with Gasteiger partial charge in [-0.05, 0) is 30.5 Å². The molecule has 0 spiro atoms. The Morgan fingerprint density at radius 1 is 1.00 bits per heavy atom. The molecule has 10 nitrogen and oxygen atoms in total. The van der Waals surface area contributed by atoms with Crippen LogP contribution in [0.15, 0.2) is 24.3 Å². The first-order chi connectivity index (χ1) is 13.5. The summed E-state index contributed by atoms with van der Waals surface area (Å²) in [6.07, 6.45) is 0.0591. The predicted octanol–water partition coefficient (Wildman–Crippen LogP) is -0.892. The van der Waals surface area contributed by atoms with E-state index in [0.717, 1.165) is 0 Å². The summed E-state index contributed by atoms with van der Waals surface area (Å²) in [4.78, 5) is 47.7. The Kier molecular flexibility index (Phi) is 9.07. The van der Waals surface area contributed by atoms with Crippen LogP contribution in [0.3, 0.4) is 0 Å². The molecule has 1 aromatic rings. The van der Waals surface area contributed by atoms with Crippen molar-refractivity contribution >= 4 is 23.7 Å². The fraction of sp³-hybridized carbons (Fsp3) is 0.474. The van der Waals surface area contributed by atoms with Gasteiger partial charge < -0.3 is 31.9 Å². The van der Waals surface area contributed by atoms with Crippen LogP contribution in [0.4, 0.5) is 0 Å². The summed E-state index contributed by atoms with van der Waals surface area (Å²) >= 11 is 0. The highest BCUT2D eigenvalue weighted by molar-refractivity contribution is 5.92. The number of hydrogen-bond donors (Lipinski definition) is 6. The molecule has 0 aliphatic rings. The molecule has 1 rings (SSSR count). The summed E-state index contributed by atoms with van der Waals surface area (Å²) < 4.78 is 0. The lowest BCUT2D eigenvalue weighted by Gasteiger charge is -2.23. The Bertz CT molecular complexity index is 733. The summed E-state index contributed by atoms with van der Waals surface area (Å²) in [6.45, 7) is 4.38. The van der Waals surface area contributed by atoms with Gasteiger partial charge in [-0.3, -0.25) is 14.4 Å².